The smallest absolute Gasteiger partial charge is 0.341 e. The maximum Gasteiger partial charge on any atom is 0.341 e. The minimum atomic E-state index is -4.63. The zero-order valence-electron chi connectivity index (χ0n) is 15.8. The summed E-state index contributed by atoms with van der Waals surface area (Å²) < 4.78 is 50.2. The van der Waals surface area contributed by atoms with E-state index in [1.807, 2.05) is 17.0 Å². The lowest BCUT2D eigenvalue weighted by molar-refractivity contribution is 0.234. The Hall–Kier alpha value is -2.51. The topological polar surface area (TPSA) is 40.6 Å². The number of alkyl halides is 2. The Morgan fingerprint density at radius 2 is 1.48 bits per heavy atom. The van der Waals surface area contributed by atoms with Gasteiger partial charge in [-0.05, 0) is 28.5 Å². The first-order valence-electron chi connectivity index (χ1n) is 9.52. The average Bonchev–Trinajstić information content (AvgIpc) is 2.74. The summed E-state index contributed by atoms with van der Waals surface area (Å²) in [6.45, 7) is 3.42. The van der Waals surface area contributed by atoms with E-state index in [1.54, 1.807) is 12.1 Å². The maximum absolute atomic E-state index is 13.1. The van der Waals surface area contributed by atoms with Gasteiger partial charge in [0.25, 0.3) is 0 Å². The molecule has 1 heterocycles. The highest BCUT2D eigenvalue weighted by Crippen LogP contribution is 2.30. The Kier molecular flexibility index (Phi) is 5.52. The van der Waals surface area contributed by atoms with Crippen molar-refractivity contribution in [2.24, 2.45) is 0 Å². The van der Waals surface area contributed by atoms with E-state index in [1.165, 1.54) is 28.5 Å². The van der Waals surface area contributed by atoms with Gasteiger partial charge in [-0.15, -0.1) is 0 Å². The molecular formula is C22H22F2N2O2S. The normalized spacial score (nSPS) is 15.9. The quantitative estimate of drug-likeness (QED) is 0.626. The SMILES string of the molecule is O=S(=O)(c1ccccc1N1CCN(Cc2cccc3ccccc23)CC1)C(F)F. The van der Waals surface area contributed by atoms with Gasteiger partial charge in [0.05, 0.1) is 10.6 Å². The number of para-hydroxylation sites is 1. The van der Waals surface area contributed by atoms with Gasteiger partial charge in [0.2, 0.25) is 9.84 Å². The Labute approximate surface area is 169 Å². The first-order chi connectivity index (χ1) is 14.0. The van der Waals surface area contributed by atoms with Gasteiger partial charge in [0, 0.05) is 32.7 Å². The molecule has 0 N–H and O–H groups in total. The highest BCUT2D eigenvalue weighted by atomic mass is 32.2. The number of fused-ring (bicyclic) bond motifs is 1. The molecule has 1 aliphatic rings. The molecule has 0 spiro atoms. The summed E-state index contributed by atoms with van der Waals surface area (Å²) in [5.74, 6) is -3.42. The van der Waals surface area contributed by atoms with E-state index in [2.05, 4.69) is 35.2 Å². The third-order valence-corrected chi connectivity index (χ3v) is 6.82. The van der Waals surface area contributed by atoms with Crippen LogP contribution in [0, 0.1) is 0 Å². The summed E-state index contributed by atoms with van der Waals surface area (Å²) in [6, 6.07) is 20.6. The van der Waals surface area contributed by atoms with Gasteiger partial charge in [-0.3, -0.25) is 4.90 Å². The van der Waals surface area contributed by atoms with E-state index in [4.69, 9.17) is 0 Å². The van der Waals surface area contributed by atoms with E-state index >= 15 is 0 Å². The number of sulfone groups is 1. The Morgan fingerprint density at radius 3 is 2.24 bits per heavy atom. The maximum atomic E-state index is 13.1. The first kappa shape index (κ1) is 19.8. The van der Waals surface area contributed by atoms with Crippen LogP contribution in [0.15, 0.2) is 71.6 Å². The summed E-state index contributed by atoms with van der Waals surface area (Å²) in [7, 11) is -4.63. The van der Waals surface area contributed by atoms with Crippen LogP contribution in [0.5, 0.6) is 0 Å². The molecule has 0 saturated carbocycles. The van der Waals surface area contributed by atoms with Crippen LogP contribution in [-0.2, 0) is 16.4 Å². The summed E-state index contributed by atoms with van der Waals surface area (Å²) >= 11 is 0. The van der Waals surface area contributed by atoms with E-state index in [0.29, 0.717) is 18.8 Å². The molecule has 0 aliphatic carbocycles. The second kappa shape index (κ2) is 8.08. The number of halogens is 2. The molecule has 0 bridgehead atoms. The van der Waals surface area contributed by atoms with Gasteiger partial charge in [0.15, 0.2) is 0 Å². The zero-order valence-corrected chi connectivity index (χ0v) is 16.7. The summed E-state index contributed by atoms with van der Waals surface area (Å²) in [6.07, 6.45) is 0. The largest absolute Gasteiger partial charge is 0.368 e. The monoisotopic (exact) mass is 416 g/mol. The molecule has 0 amide bonds. The van der Waals surface area contributed by atoms with Gasteiger partial charge in [-0.1, -0.05) is 54.6 Å². The summed E-state index contributed by atoms with van der Waals surface area (Å²) in [5, 5.41) is 2.43. The second-order valence-electron chi connectivity index (χ2n) is 7.17. The fourth-order valence-electron chi connectivity index (χ4n) is 3.87. The van der Waals surface area contributed by atoms with Crippen LogP contribution in [0.2, 0.25) is 0 Å². The molecule has 0 unspecified atom stereocenters. The lowest BCUT2D eigenvalue weighted by Gasteiger charge is -2.37. The third kappa shape index (κ3) is 3.97. The fourth-order valence-corrected chi connectivity index (χ4v) is 4.82. The van der Waals surface area contributed by atoms with Crippen molar-refractivity contribution in [2.75, 3.05) is 31.1 Å². The highest BCUT2D eigenvalue weighted by molar-refractivity contribution is 7.91. The Bertz CT molecular complexity index is 1110. The van der Waals surface area contributed by atoms with Crippen LogP contribution in [0.1, 0.15) is 5.56 Å². The van der Waals surface area contributed by atoms with Crippen molar-refractivity contribution in [1.82, 2.24) is 4.90 Å². The molecule has 0 atom stereocenters. The number of nitrogens with zero attached hydrogens (tertiary/aromatic N) is 2. The molecular weight excluding hydrogens is 394 g/mol. The van der Waals surface area contributed by atoms with Gasteiger partial charge in [-0.25, -0.2) is 8.42 Å². The third-order valence-electron chi connectivity index (χ3n) is 5.39. The number of benzene rings is 3. The number of hydrogen-bond acceptors (Lipinski definition) is 4. The fraction of sp³-hybridized carbons (Fsp3) is 0.273. The lowest BCUT2D eigenvalue weighted by atomic mass is 10.0. The van der Waals surface area contributed by atoms with Crippen LogP contribution in [0.4, 0.5) is 14.5 Å². The van der Waals surface area contributed by atoms with Crippen molar-refractivity contribution in [3.8, 4) is 0 Å². The van der Waals surface area contributed by atoms with Crippen LogP contribution < -0.4 is 4.90 Å². The van der Waals surface area contributed by atoms with Crippen LogP contribution >= 0.6 is 0 Å². The Balaban J connectivity index is 1.50. The van der Waals surface area contributed by atoms with Crippen LogP contribution in [0.25, 0.3) is 10.8 Å². The predicted octanol–water partition coefficient (Wildman–Crippen LogP) is 4.16. The van der Waals surface area contributed by atoms with E-state index < -0.39 is 15.6 Å². The van der Waals surface area contributed by atoms with Crippen molar-refractivity contribution >= 4 is 26.3 Å². The molecule has 0 radical (unpaired) electrons. The molecule has 4 nitrogen and oxygen atoms in total. The number of piperazine rings is 1. The summed E-state index contributed by atoms with van der Waals surface area (Å²) in [4.78, 5) is 3.90. The van der Waals surface area contributed by atoms with Crippen molar-refractivity contribution in [1.29, 1.82) is 0 Å². The molecule has 29 heavy (non-hydrogen) atoms. The van der Waals surface area contributed by atoms with Crippen LogP contribution in [0.3, 0.4) is 0 Å². The second-order valence-corrected chi connectivity index (χ2v) is 9.06. The van der Waals surface area contributed by atoms with E-state index in [9.17, 15) is 17.2 Å². The highest BCUT2D eigenvalue weighted by Gasteiger charge is 2.31. The first-order valence-corrected chi connectivity index (χ1v) is 11.1. The molecule has 7 heteroatoms. The van der Waals surface area contributed by atoms with Crippen molar-refractivity contribution in [2.45, 2.75) is 17.2 Å². The number of rotatable bonds is 5. The predicted molar refractivity (Wildman–Crippen MR) is 111 cm³/mol. The molecule has 3 aromatic rings. The van der Waals surface area contributed by atoms with Gasteiger partial charge >= 0.3 is 5.76 Å². The van der Waals surface area contributed by atoms with Crippen LogP contribution in [-0.4, -0.2) is 45.3 Å². The average molecular weight is 416 g/mol. The van der Waals surface area contributed by atoms with Gasteiger partial charge in [0.1, 0.15) is 0 Å². The minimum absolute atomic E-state index is 0.294. The number of hydrogen-bond donors (Lipinski definition) is 0. The minimum Gasteiger partial charge on any atom is -0.368 e. The standard InChI is InChI=1S/C22H22F2N2O2S/c23-22(24)29(27,28)21-11-4-3-10-20(21)26-14-12-25(13-15-26)16-18-8-5-7-17-6-1-2-9-19(17)18/h1-11,22H,12-16H2. The lowest BCUT2D eigenvalue weighted by Crippen LogP contribution is -2.46. The molecule has 1 fully saturated rings. The van der Waals surface area contributed by atoms with Crippen molar-refractivity contribution < 1.29 is 17.2 Å². The molecule has 152 valence electrons. The van der Waals surface area contributed by atoms with E-state index in [0.717, 1.165) is 19.6 Å². The molecule has 4 rings (SSSR count). The van der Waals surface area contributed by atoms with Gasteiger partial charge in [-0.2, -0.15) is 8.78 Å². The van der Waals surface area contributed by atoms with Crippen molar-refractivity contribution in [3.63, 3.8) is 0 Å². The molecule has 1 aliphatic heterocycles. The Morgan fingerprint density at radius 1 is 0.828 bits per heavy atom. The molecule has 1 saturated heterocycles. The van der Waals surface area contributed by atoms with Gasteiger partial charge < -0.3 is 4.90 Å². The number of anilines is 1. The summed E-state index contributed by atoms with van der Waals surface area (Å²) in [5.41, 5.74) is 1.61. The van der Waals surface area contributed by atoms with Crippen molar-refractivity contribution in [3.05, 3.63) is 72.3 Å². The molecule has 3 aromatic carbocycles. The molecule has 0 aromatic heterocycles. The zero-order chi connectivity index (χ0) is 20.4. The van der Waals surface area contributed by atoms with E-state index in [-0.39, 0.29) is 4.90 Å².